The lowest BCUT2D eigenvalue weighted by Gasteiger charge is -2.17. The fourth-order valence-electron chi connectivity index (χ4n) is 1.60. The Bertz CT molecular complexity index is 408. The zero-order chi connectivity index (χ0) is 11.0. The summed E-state index contributed by atoms with van der Waals surface area (Å²) in [5.74, 6) is 0.0164. The summed E-state index contributed by atoms with van der Waals surface area (Å²) in [5, 5.41) is 9.57. The van der Waals surface area contributed by atoms with Crippen molar-refractivity contribution in [1.82, 2.24) is 0 Å². The summed E-state index contributed by atoms with van der Waals surface area (Å²) in [6, 6.07) is 4.50. The summed E-state index contributed by atoms with van der Waals surface area (Å²) in [4.78, 5) is 13.0. The second kappa shape index (κ2) is 3.91. The SMILES string of the molecule is O=C1CC(Cl)CN1c1cc(O)ccc1Cl. The minimum Gasteiger partial charge on any atom is -0.508 e. The molecule has 2 rings (SSSR count). The van der Waals surface area contributed by atoms with E-state index >= 15 is 0 Å². The smallest absolute Gasteiger partial charge is 0.228 e. The van der Waals surface area contributed by atoms with Crippen LogP contribution in [-0.4, -0.2) is 22.9 Å². The number of amides is 1. The van der Waals surface area contributed by atoms with Crippen LogP contribution >= 0.6 is 23.2 Å². The minimum absolute atomic E-state index is 0.0671. The van der Waals surface area contributed by atoms with Gasteiger partial charge >= 0.3 is 0 Å². The predicted octanol–water partition coefficient (Wildman–Crippen LogP) is 2.39. The number of anilines is 1. The van der Waals surface area contributed by atoms with Crippen LogP contribution in [0, 0.1) is 0 Å². The van der Waals surface area contributed by atoms with Gasteiger partial charge in [0.1, 0.15) is 5.75 Å². The van der Waals surface area contributed by atoms with Gasteiger partial charge in [-0.25, -0.2) is 0 Å². The molecule has 0 aliphatic carbocycles. The molecular weight excluding hydrogens is 237 g/mol. The topological polar surface area (TPSA) is 40.5 Å². The summed E-state index contributed by atoms with van der Waals surface area (Å²) in [7, 11) is 0. The van der Waals surface area contributed by atoms with E-state index in [9.17, 15) is 9.90 Å². The van der Waals surface area contributed by atoms with E-state index in [0.29, 0.717) is 23.7 Å². The van der Waals surface area contributed by atoms with E-state index in [4.69, 9.17) is 23.2 Å². The quantitative estimate of drug-likeness (QED) is 0.773. The number of carbonyl (C=O) groups is 1. The standard InChI is InChI=1S/C10H9Cl2NO2/c11-6-3-10(15)13(5-6)9-4-7(14)1-2-8(9)12/h1-2,4,6,14H,3,5H2. The molecule has 0 bridgehead atoms. The van der Waals surface area contributed by atoms with Crippen LogP contribution in [0.1, 0.15) is 6.42 Å². The average molecular weight is 246 g/mol. The van der Waals surface area contributed by atoms with Crippen molar-refractivity contribution >= 4 is 34.8 Å². The Hall–Kier alpha value is -0.930. The molecule has 0 radical (unpaired) electrons. The third-order valence-corrected chi connectivity index (χ3v) is 2.91. The van der Waals surface area contributed by atoms with E-state index in [2.05, 4.69) is 0 Å². The van der Waals surface area contributed by atoms with Crippen molar-refractivity contribution in [2.75, 3.05) is 11.4 Å². The van der Waals surface area contributed by atoms with E-state index in [1.54, 1.807) is 6.07 Å². The highest BCUT2D eigenvalue weighted by molar-refractivity contribution is 6.34. The van der Waals surface area contributed by atoms with Gasteiger partial charge in [-0.05, 0) is 12.1 Å². The van der Waals surface area contributed by atoms with Gasteiger partial charge in [-0.1, -0.05) is 11.6 Å². The zero-order valence-corrected chi connectivity index (χ0v) is 9.29. The Labute approximate surface area is 97.2 Å². The summed E-state index contributed by atoms with van der Waals surface area (Å²) < 4.78 is 0. The van der Waals surface area contributed by atoms with E-state index in [1.807, 2.05) is 0 Å². The van der Waals surface area contributed by atoms with Crippen molar-refractivity contribution in [3.05, 3.63) is 23.2 Å². The molecule has 5 heteroatoms. The maximum atomic E-state index is 11.5. The third kappa shape index (κ3) is 2.03. The fourth-order valence-corrected chi connectivity index (χ4v) is 2.09. The van der Waals surface area contributed by atoms with E-state index in [-0.39, 0.29) is 17.0 Å². The van der Waals surface area contributed by atoms with Gasteiger partial charge in [0.05, 0.1) is 16.1 Å². The van der Waals surface area contributed by atoms with Crippen LogP contribution in [0.4, 0.5) is 5.69 Å². The second-order valence-electron chi connectivity index (χ2n) is 3.44. The van der Waals surface area contributed by atoms with Crippen molar-refractivity contribution in [3.63, 3.8) is 0 Å². The molecule has 3 nitrogen and oxygen atoms in total. The van der Waals surface area contributed by atoms with Crippen LogP contribution in [0.15, 0.2) is 18.2 Å². The lowest BCUT2D eigenvalue weighted by atomic mass is 10.3. The van der Waals surface area contributed by atoms with Crippen LogP contribution in [0.3, 0.4) is 0 Å². The van der Waals surface area contributed by atoms with Crippen molar-refractivity contribution in [2.45, 2.75) is 11.8 Å². The molecule has 80 valence electrons. The number of phenolic OH excluding ortho intramolecular Hbond substituents is 1. The van der Waals surface area contributed by atoms with Crippen molar-refractivity contribution < 1.29 is 9.90 Å². The van der Waals surface area contributed by atoms with Crippen LogP contribution in [0.5, 0.6) is 5.75 Å². The first-order valence-electron chi connectivity index (χ1n) is 4.51. The largest absolute Gasteiger partial charge is 0.508 e. The lowest BCUT2D eigenvalue weighted by molar-refractivity contribution is -0.117. The van der Waals surface area contributed by atoms with Gasteiger partial charge in [-0.3, -0.25) is 4.79 Å². The summed E-state index contributed by atoms with van der Waals surface area (Å²) in [5.41, 5.74) is 0.518. The summed E-state index contributed by atoms with van der Waals surface area (Å²) >= 11 is 11.8. The maximum Gasteiger partial charge on any atom is 0.228 e. The van der Waals surface area contributed by atoms with Crippen LogP contribution < -0.4 is 4.90 Å². The third-order valence-electron chi connectivity index (χ3n) is 2.30. The molecule has 0 spiro atoms. The highest BCUT2D eigenvalue weighted by Crippen LogP contribution is 2.33. The molecule has 1 aliphatic heterocycles. The van der Waals surface area contributed by atoms with Gasteiger partial charge < -0.3 is 10.0 Å². The second-order valence-corrected chi connectivity index (χ2v) is 4.47. The Morgan fingerprint density at radius 1 is 1.47 bits per heavy atom. The number of benzene rings is 1. The van der Waals surface area contributed by atoms with E-state index < -0.39 is 0 Å². The van der Waals surface area contributed by atoms with E-state index in [1.165, 1.54) is 17.0 Å². The number of phenols is 1. The molecule has 15 heavy (non-hydrogen) atoms. The van der Waals surface area contributed by atoms with Gasteiger partial charge in [-0.2, -0.15) is 0 Å². The number of halogens is 2. The molecule has 0 aromatic heterocycles. The number of hydrogen-bond acceptors (Lipinski definition) is 2. The number of rotatable bonds is 1. The molecular formula is C10H9Cl2NO2. The molecule has 0 saturated carbocycles. The first-order chi connectivity index (χ1) is 7.08. The highest BCUT2D eigenvalue weighted by atomic mass is 35.5. The van der Waals surface area contributed by atoms with Crippen molar-refractivity contribution in [1.29, 1.82) is 0 Å². The Kier molecular flexibility index (Phi) is 2.76. The van der Waals surface area contributed by atoms with Gasteiger partial charge in [0.15, 0.2) is 0 Å². The maximum absolute atomic E-state index is 11.5. The first-order valence-corrected chi connectivity index (χ1v) is 5.32. The van der Waals surface area contributed by atoms with Crippen molar-refractivity contribution in [2.24, 2.45) is 0 Å². The van der Waals surface area contributed by atoms with Crippen LogP contribution in [-0.2, 0) is 4.79 Å². The normalized spacial score (nSPS) is 21.1. The number of alkyl halides is 1. The minimum atomic E-state index is -0.184. The Morgan fingerprint density at radius 2 is 2.20 bits per heavy atom. The molecule has 1 heterocycles. The first kappa shape index (κ1) is 10.6. The summed E-state index contributed by atoms with van der Waals surface area (Å²) in [6.45, 7) is 0.434. The van der Waals surface area contributed by atoms with Crippen LogP contribution in [0.25, 0.3) is 0 Å². The molecule has 1 saturated heterocycles. The van der Waals surface area contributed by atoms with Gasteiger partial charge in [0, 0.05) is 19.0 Å². The average Bonchev–Trinajstić information content (AvgIpc) is 2.50. The van der Waals surface area contributed by atoms with Crippen LogP contribution in [0.2, 0.25) is 5.02 Å². The molecule has 1 fully saturated rings. The monoisotopic (exact) mass is 245 g/mol. The molecule has 1 unspecified atom stereocenters. The van der Waals surface area contributed by atoms with Gasteiger partial charge in [0.2, 0.25) is 5.91 Å². The highest BCUT2D eigenvalue weighted by Gasteiger charge is 2.30. The predicted molar refractivity (Wildman–Crippen MR) is 59.7 cm³/mol. The number of carbonyl (C=O) groups excluding carboxylic acids is 1. The molecule has 1 N–H and O–H groups in total. The lowest BCUT2D eigenvalue weighted by Crippen LogP contribution is -2.24. The number of nitrogens with zero attached hydrogens (tertiary/aromatic N) is 1. The summed E-state index contributed by atoms with van der Waals surface area (Å²) in [6.07, 6.45) is 0.313. The number of hydrogen-bond donors (Lipinski definition) is 1. The van der Waals surface area contributed by atoms with Crippen molar-refractivity contribution in [3.8, 4) is 5.75 Å². The van der Waals surface area contributed by atoms with E-state index in [0.717, 1.165) is 0 Å². The number of aromatic hydroxyl groups is 1. The molecule has 1 aliphatic rings. The van der Waals surface area contributed by atoms with Gasteiger partial charge in [0.25, 0.3) is 0 Å². The molecule has 1 aromatic rings. The Balaban J connectivity index is 2.37. The van der Waals surface area contributed by atoms with Gasteiger partial charge in [-0.15, -0.1) is 11.6 Å². The zero-order valence-electron chi connectivity index (χ0n) is 7.78. The molecule has 1 aromatic carbocycles. The Morgan fingerprint density at radius 3 is 2.80 bits per heavy atom. The molecule has 1 amide bonds. The molecule has 1 atom stereocenters. The fraction of sp³-hybridized carbons (Fsp3) is 0.300.